The molecule has 19 heavy (non-hydrogen) atoms. The molecule has 0 bridgehead atoms. The maximum atomic E-state index is 5.75. The molecule has 0 aromatic heterocycles. The molecule has 2 heteroatoms. The molecule has 1 saturated carbocycles. The fraction of sp³-hybridized carbons (Fsp3) is 1.00. The average molecular weight is 267 g/mol. The molecular weight excluding hydrogens is 234 g/mol. The summed E-state index contributed by atoms with van der Waals surface area (Å²) < 4.78 is 5.75. The first-order valence-electron chi connectivity index (χ1n) is 8.53. The first-order valence-corrected chi connectivity index (χ1v) is 8.53. The molecule has 0 atom stereocenters. The Balaban J connectivity index is 1.64. The van der Waals surface area contributed by atoms with E-state index in [1.807, 2.05) is 0 Å². The van der Waals surface area contributed by atoms with Gasteiger partial charge in [-0.2, -0.15) is 0 Å². The van der Waals surface area contributed by atoms with Gasteiger partial charge in [0.15, 0.2) is 0 Å². The van der Waals surface area contributed by atoms with Crippen LogP contribution in [0.4, 0.5) is 0 Å². The minimum absolute atomic E-state index is 0.563. The molecule has 0 aromatic carbocycles. The van der Waals surface area contributed by atoms with Gasteiger partial charge in [0.05, 0.1) is 6.10 Å². The summed E-state index contributed by atoms with van der Waals surface area (Å²) in [6.45, 7) is 11.8. The molecule has 1 heterocycles. The van der Waals surface area contributed by atoms with E-state index >= 15 is 0 Å². The van der Waals surface area contributed by atoms with Crippen LogP contribution in [0, 0.1) is 17.8 Å². The number of rotatable bonds is 5. The van der Waals surface area contributed by atoms with Crippen LogP contribution in [0.5, 0.6) is 0 Å². The Morgan fingerprint density at radius 3 is 2.16 bits per heavy atom. The normalized spacial score (nSPS) is 30.9. The van der Waals surface area contributed by atoms with Gasteiger partial charge >= 0.3 is 0 Å². The zero-order valence-electron chi connectivity index (χ0n) is 13.2. The molecule has 2 rings (SSSR count). The zero-order valence-corrected chi connectivity index (χ0v) is 13.2. The highest BCUT2D eigenvalue weighted by molar-refractivity contribution is 4.79. The van der Waals surface area contributed by atoms with Crippen molar-refractivity contribution in [1.29, 1.82) is 0 Å². The number of nitrogens with zero attached hydrogens (tertiary/aromatic N) is 1. The van der Waals surface area contributed by atoms with E-state index in [0.29, 0.717) is 6.10 Å². The SMILES string of the molecule is CCOC1CCC(CN2CCC(C(C)C)CC2)CC1. The third kappa shape index (κ3) is 4.75. The monoisotopic (exact) mass is 267 g/mol. The predicted molar refractivity (Wildman–Crippen MR) is 81.4 cm³/mol. The van der Waals surface area contributed by atoms with Gasteiger partial charge in [0.25, 0.3) is 0 Å². The topological polar surface area (TPSA) is 12.5 Å². The summed E-state index contributed by atoms with van der Waals surface area (Å²) in [7, 11) is 0. The van der Waals surface area contributed by atoms with Gasteiger partial charge in [-0.15, -0.1) is 0 Å². The smallest absolute Gasteiger partial charge is 0.0575 e. The van der Waals surface area contributed by atoms with E-state index in [-0.39, 0.29) is 0 Å². The molecule has 2 fully saturated rings. The molecule has 1 aliphatic heterocycles. The van der Waals surface area contributed by atoms with Crippen LogP contribution >= 0.6 is 0 Å². The fourth-order valence-electron chi connectivity index (χ4n) is 3.88. The molecule has 2 nitrogen and oxygen atoms in total. The van der Waals surface area contributed by atoms with E-state index in [2.05, 4.69) is 25.7 Å². The van der Waals surface area contributed by atoms with E-state index in [0.717, 1.165) is 24.4 Å². The van der Waals surface area contributed by atoms with Gasteiger partial charge in [0.2, 0.25) is 0 Å². The minimum atomic E-state index is 0.563. The minimum Gasteiger partial charge on any atom is -0.379 e. The molecule has 0 radical (unpaired) electrons. The number of likely N-dealkylation sites (tertiary alicyclic amines) is 1. The summed E-state index contributed by atoms with van der Waals surface area (Å²) in [4.78, 5) is 2.73. The maximum Gasteiger partial charge on any atom is 0.0575 e. The molecule has 0 unspecified atom stereocenters. The highest BCUT2D eigenvalue weighted by Gasteiger charge is 2.26. The quantitative estimate of drug-likeness (QED) is 0.748. The van der Waals surface area contributed by atoms with Crippen molar-refractivity contribution in [2.24, 2.45) is 17.8 Å². The lowest BCUT2D eigenvalue weighted by molar-refractivity contribution is 0.0188. The Labute approximate surface area is 119 Å². The molecular formula is C17H33NO. The van der Waals surface area contributed by atoms with Gasteiger partial charge in [-0.3, -0.25) is 0 Å². The third-order valence-electron chi connectivity index (χ3n) is 5.29. The van der Waals surface area contributed by atoms with Crippen molar-refractivity contribution < 1.29 is 4.74 Å². The Hall–Kier alpha value is -0.0800. The van der Waals surface area contributed by atoms with Gasteiger partial charge < -0.3 is 9.64 Å². The van der Waals surface area contributed by atoms with E-state index in [9.17, 15) is 0 Å². The van der Waals surface area contributed by atoms with E-state index < -0.39 is 0 Å². The van der Waals surface area contributed by atoms with E-state index in [1.54, 1.807) is 0 Å². The number of hydrogen-bond acceptors (Lipinski definition) is 2. The maximum absolute atomic E-state index is 5.75. The largest absolute Gasteiger partial charge is 0.379 e. The van der Waals surface area contributed by atoms with Crippen molar-refractivity contribution in [3.05, 3.63) is 0 Å². The van der Waals surface area contributed by atoms with Crippen molar-refractivity contribution in [1.82, 2.24) is 4.90 Å². The second kappa shape index (κ2) is 7.64. The third-order valence-corrected chi connectivity index (χ3v) is 5.29. The lowest BCUT2D eigenvalue weighted by Gasteiger charge is -2.37. The fourth-order valence-corrected chi connectivity index (χ4v) is 3.88. The summed E-state index contributed by atoms with van der Waals surface area (Å²) in [5.41, 5.74) is 0. The number of piperidine rings is 1. The Morgan fingerprint density at radius 1 is 1.00 bits per heavy atom. The van der Waals surface area contributed by atoms with Crippen LogP contribution < -0.4 is 0 Å². The van der Waals surface area contributed by atoms with Gasteiger partial charge in [0, 0.05) is 13.2 Å². The van der Waals surface area contributed by atoms with Crippen LogP contribution in [0.15, 0.2) is 0 Å². The van der Waals surface area contributed by atoms with Crippen LogP contribution in [-0.2, 0) is 4.74 Å². The molecule has 2 aliphatic rings. The predicted octanol–water partition coefficient (Wildman–Crippen LogP) is 3.95. The van der Waals surface area contributed by atoms with Crippen LogP contribution in [-0.4, -0.2) is 37.2 Å². The highest BCUT2D eigenvalue weighted by Crippen LogP contribution is 2.29. The zero-order chi connectivity index (χ0) is 13.7. The second-order valence-corrected chi connectivity index (χ2v) is 6.98. The van der Waals surface area contributed by atoms with Crippen molar-refractivity contribution in [2.75, 3.05) is 26.2 Å². The van der Waals surface area contributed by atoms with Crippen molar-refractivity contribution in [2.45, 2.75) is 65.4 Å². The number of ether oxygens (including phenoxy) is 1. The van der Waals surface area contributed by atoms with Crippen LogP contribution in [0.25, 0.3) is 0 Å². The second-order valence-electron chi connectivity index (χ2n) is 6.98. The summed E-state index contributed by atoms with van der Waals surface area (Å²) >= 11 is 0. The van der Waals surface area contributed by atoms with Gasteiger partial charge in [-0.1, -0.05) is 13.8 Å². The summed E-state index contributed by atoms with van der Waals surface area (Å²) in [5.74, 6) is 2.79. The van der Waals surface area contributed by atoms with Crippen LogP contribution in [0.1, 0.15) is 59.3 Å². The van der Waals surface area contributed by atoms with E-state index in [1.165, 1.54) is 58.2 Å². The lowest BCUT2D eigenvalue weighted by atomic mass is 9.84. The molecule has 112 valence electrons. The first kappa shape index (κ1) is 15.3. The molecule has 0 spiro atoms. The molecule has 1 aliphatic carbocycles. The highest BCUT2D eigenvalue weighted by atomic mass is 16.5. The van der Waals surface area contributed by atoms with Crippen LogP contribution in [0.3, 0.4) is 0 Å². The van der Waals surface area contributed by atoms with Gasteiger partial charge in [0.1, 0.15) is 0 Å². The van der Waals surface area contributed by atoms with Gasteiger partial charge in [-0.05, 0) is 76.3 Å². The first-order chi connectivity index (χ1) is 9.19. The lowest BCUT2D eigenvalue weighted by Crippen LogP contribution is -2.39. The van der Waals surface area contributed by atoms with Gasteiger partial charge in [-0.25, -0.2) is 0 Å². The van der Waals surface area contributed by atoms with E-state index in [4.69, 9.17) is 4.74 Å². The molecule has 0 N–H and O–H groups in total. The Bertz CT molecular complexity index is 238. The Morgan fingerprint density at radius 2 is 1.63 bits per heavy atom. The van der Waals surface area contributed by atoms with Crippen molar-refractivity contribution >= 4 is 0 Å². The van der Waals surface area contributed by atoms with Crippen LogP contribution in [0.2, 0.25) is 0 Å². The van der Waals surface area contributed by atoms with Crippen molar-refractivity contribution in [3.63, 3.8) is 0 Å². The van der Waals surface area contributed by atoms with Crippen molar-refractivity contribution in [3.8, 4) is 0 Å². The Kier molecular flexibility index (Phi) is 6.15. The molecule has 1 saturated heterocycles. The summed E-state index contributed by atoms with van der Waals surface area (Å²) in [6, 6.07) is 0. The molecule has 0 amide bonds. The molecule has 0 aromatic rings. The number of hydrogen-bond donors (Lipinski definition) is 0. The standard InChI is InChI=1S/C17H33NO/c1-4-19-17-7-5-15(6-8-17)13-18-11-9-16(10-12-18)14(2)3/h14-17H,4-13H2,1-3H3. The summed E-state index contributed by atoms with van der Waals surface area (Å²) in [6.07, 6.45) is 8.76. The average Bonchev–Trinajstić information content (AvgIpc) is 2.42. The summed E-state index contributed by atoms with van der Waals surface area (Å²) in [5, 5.41) is 0.